The zero-order valence-corrected chi connectivity index (χ0v) is 13.8. The second-order valence-electron chi connectivity index (χ2n) is 5.01. The highest BCUT2D eigenvalue weighted by Gasteiger charge is 2.13. The Labute approximate surface area is 136 Å². The van der Waals surface area contributed by atoms with E-state index >= 15 is 0 Å². The summed E-state index contributed by atoms with van der Waals surface area (Å²) < 4.78 is 24.5. The number of hydrogen-bond acceptors (Lipinski definition) is 4. The summed E-state index contributed by atoms with van der Waals surface area (Å²) in [7, 11) is -3.71. The molecule has 0 saturated heterocycles. The lowest BCUT2D eigenvalue weighted by Crippen LogP contribution is -2.20. The molecule has 0 aliphatic rings. The molecule has 2 aromatic rings. The molecule has 0 heterocycles. The van der Waals surface area contributed by atoms with Gasteiger partial charge < -0.3 is 0 Å². The average Bonchev–Trinajstić information content (AvgIpc) is 2.56. The third-order valence-electron chi connectivity index (χ3n) is 3.29. The highest BCUT2D eigenvalue weighted by Crippen LogP contribution is 2.11. The minimum Gasteiger partial charge on any atom is -0.200 e. The molecule has 118 valence electrons. The van der Waals surface area contributed by atoms with E-state index in [9.17, 15) is 8.42 Å². The Hall–Kier alpha value is -2.65. The van der Waals surface area contributed by atoms with Gasteiger partial charge in [0.25, 0.3) is 10.0 Å². The molecular formula is C17H17N3O2S. The minimum absolute atomic E-state index is 0.160. The van der Waals surface area contributed by atoms with E-state index in [0.29, 0.717) is 17.7 Å². The van der Waals surface area contributed by atoms with E-state index in [4.69, 9.17) is 5.26 Å². The van der Waals surface area contributed by atoms with Crippen molar-refractivity contribution in [2.75, 3.05) is 0 Å². The van der Waals surface area contributed by atoms with Crippen LogP contribution in [-0.4, -0.2) is 14.1 Å². The third kappa shape index (κ3) is 4.18. The van der Waals surface area contributed by atoms with Gasteiger partial charge in [-0.2, -0.15) is 23.6 Å². The van der Waals surface area contributed by atoms with Crippen molar-refractivity contribution < 1.29 is 8.42 Å². The van der Waals surface area contributed by atoms with Crippen LogP contribution in [0.5, 0.6) is 0 Å². The van der Waals surface area contributed by atoms with Gasteiger partial charge in [-0.05, 0) is 43.2 Å². The monoisotopic (exact) mass is 327 g/mol. The van der Waals surface area contributed by atoms with Gasteiger partial charge in [-0.3, -0.25) is 0 Å². The number of aryl methyl sites for hydroxylation is 1. The van der Waals surface area contributed by atoms with Crippen molar-refractivity contribution >= 4 is 15.7 Å². The summed E-state index contributed by atoms with van der Waals surface area (Å²) in [5.41, 5.74) is 2.77. The molecule has 0 unspecified atom stereocenters. The second-order valence-corrected chi connectivity index (χ2v) is 6.67. The largest absolute Gasteiger partial charge is 0.276 e. The maximum absolute atomic E-state index is 12.2. The Morgan fingerprint density at radius 2 is 1.91 bits per heavy atom. The molecule has 23 heavy (non-hydrogen) atoms. The Balaban J connectivity index is 2.28. The molecular weight excluding hydrogens is 310 g/mol. The number of sulfonamides is 1. The smallest absolute Gasteiger partial charge is 0.200 e. The predicted octanol–water partition coefficient (Wildman–Crippen LogP) is 2.96. The molecule has 2 rings (SSSR count). The van der Waals surface area contributed by atoms with Crippen molar-refractivity contribution in [3.05, 3.63) is 65.2 Å². The molecule has 0 saturated carbocycles. The van der Waals surface area contributed by atoms with Gasteiger partial charge >= 0.3 is 0 Å². The zero-order valence-electron chi connectivity index (χ0n) is 12.9. The van der Waals surface area contributed by atoms with E-state index in [2.05, 4.69) is 16.0 Å². The number of nitriles is 1. The summed E-state index contributed by atoms with van der Waals surface area (Å²) in [4.78, 5) is 2.42. The van der Waals surface area contributed by atoms with Gasteiger partial charge in [-0.15, -0.1) is 0 Å². The highest BCUT2D eigenvalue weighted by molar-refractivity contribution is 7.89. The molecule has 0 aliphatic heterocycles. The molecule has 0 spiro atoms. The SMILES string of the molecule is CC/C(=N\NS(=O)(=O)c1ccc(C)cc1)c1cccc(C#N)c1. The Morgan fingerprint density at radius 1 is 1.22 bits per heavy atom. The molecule has 0 amide bonds. The lowest BCUT2D eigenvalue weighted by Gasteiger charge is -2.07. The number of hydrazone groups is 1. The molecule has 6 heteroatoms. The second kappa shape index (κ2) is 7.07. The summed E-state index contributed by atoms with van der Waals surface area (Å²) in [6.07, 6.45) is 0.533. The van der Waals surface area contributed by atoms with Crippen molar-refractivity contribution in [1.82, 2.24) is 4.83 Å². The van der Waals surface area contributed by atoms with E-state index in [0.717, 1.165) is 11.1 Å². The molecule has 0 atom stereocenters. The van der Waals surface area contributed by atoms with Crippen LogP contribution in [0.2, 0.25) is 0 Å². The van der Waals surface area contributed by atoms with Gasteiger partial charge in [-0.1, -0.05) is 36.8 Å². The van der Waals surface area contributed by atoms with Crippen LogP contribution in [0, 0.1) is 18.3 Å². The van der Waals surface area contributed by atoms with Crippen LogP contribution in [0.4, 0.5) is 0 Å². The molecule has 0 aliphatic carbocycles. The highest BCUT2D eigenvalue weighted by atomic mass is 32.2. The fourth-order valence-corrected chi connectivity index (χ4v) is 2.83. The first-order valence-electron chi connectivity index (χ1n) is 7.12. The van der Waals surface area contributed by atoms with Gasteiger partial charge in [-0.25, -0.2) is 0 Å². The van der Waals surface area contributed by atoms with E-state index in [1.807, 2.05) is 13.8 Å². The minimum atomic E-state index is -3.71. The normalized spacial score (nSPS) is 11.8. The first kappa shape index (κ1) is 16.7. The molecule has 1 N–H and O–H groups in total. The summed E-state index contributed by atoms with van der Waals surface area (Å²) in [6.45, 7) is 3.76. The fraction of sp³-hybridized carbons (Fsp3) is 0.176. The predicted molar refractivity (Wildman–Crippen MR) is 89.5 cm³/mol. The number of hydrogen-bond donors (Lipinski definition) is 1. The summed E-state index contributed by atoms with van der Waals surface area (Å²) in [6, 6.07) is 15.5. The van der Waals surface area contributed by atoms with Gasteiger partial charge in [0, 0.05) is 0 Å². The molecule has 0 fully saturated rings. The van der Waals surface area contributed by atoms with Gasteiger partial charge in [0.1, 0.15) is 0 Å². The summed E-state index contributed by atoms with van der Waals surface area (Å²) in [5, 5.41) is 13.0. The van der Waals surface area contributed by atoms with Crippen LogP contribution in [-0.2, 0) is 10.0 Å². The van der Waals surface area contributed by atoms with E-state index in [-0.39, 0.29) is 4.90 Å². The zero-order chi connectivity index (χ0) is 16.9. The maximum Gasteiger partial charge on any atom is 0.276 e. The third-order valence-corrected chi connectivity index (χ3v) is 4.52. The van der Waals surface area contributed by atoms with Crippen LogP contribution in [0.15, 0.2) is 58.5 Å². The van der Waals surface area contributed by atoms with Crippen molar-refractivity contribution in [1.29, 1.82) is 5.26 Å². The number of benzene rings is 2. The maximum atomic E-state index is 12.2. The molecule has 0 aromatic heterocycles. The van der Waals surface area contributed by atoms with Crippen molar-refractivity contribution in [2.24, 2.45) is 5.10 Å². The molecule has 2 aromatic carbocycles. The van der Waals surface area contributed by atoms with Crippen LogP contribution in [0.25, 0.3) is 0 Å². The number of nitrogens with zero attached hydrogens (tertiary/aromatic N) is 2. The topological polar surface area (TPSA) is 82.3 Å². The standard InChI is InChI=1S/C17H17N3O2S/c1-3-17(15-6-4-5-14(11-15)12-18)19-20-23(21,22)16-9-7-13(2)8-10-16/h4-11,20H,3H2,1-2H3/b19-17+. The lowest BCUT2D eigenvalue weighted by molar-refractivity contribution is 0.584. The number of nitrogens with one attached hydrogen (secondary N) is 1. The summed E-state index contributed by atoms with van der Waals surface area (Å²) >= 11 is 0. The Morgan fingerprint density at radius 3 is 2.52 bits per heavy atom. The van der Waals surface area contributed by atoms with Gasteiger partial charge in [0.05, 0.1) is 22.2 Å². The molecule has 0 bridgehead atoms. The summed E-state index contributed by atoms with van der Waals surface area (Å²) in [5.74, 6) is 0. The van der Waals surface area contributed by atoms with Crippen molar-refractivity contribution in [3.63, 3.8) is 0 Å². The Kier molecular flexibility index (Phi) is 5.14. The van der Waals surface area contributed by atoms with Gasteiger partial charge in [0.15, 0.2) is 0 Å². The van der Waals surface area contributed by atoms with Crippen LogP contribution >= 0.6 is 0 Å². The van der Waals surface area contributed by atoms with Gasteiger partial charge in [0.2, 0.25) is 0 Å². The van der Waals surface area contributed by atoms with Crippen molar-refractivity contribution in [3.8, 4) is 6.07 Å². The average molecular weight is 327 g/mol. The van der Waals surface area contributed by atoms with E-state index < -0.39 is 10.0 Å². The molecule has 5 nitrogen and oxygen atoms in total. The van der Waals surface area contributed by atoms with Crippen LogP contribution in [0.1, 0.15) is 30.0 Å². The van der Waals surface area contributed by atoms with Crippen molar-refractivity contribution in [2.45, 2.75) is 25.2 Å². The van der Waals surface area contributed by atoms with Crippen LogP contribution < -0.4 is 4.83 Å². The quantitative estimate of drug-likeness (QED) is 0.677. The molecule has 0 radical (unpaired) electrons. The van der Waals surface area contributed by atoms with E-state index in [1.54, 1.807) is 36.4 Å². The number of rotatable bonds is 5. The fourth-order valence-electron chi connectivity index (χ4n) is 2.00. The lowest BCUT2D eigenvalue weighted by atomic mass is 10.1. The first-order valence-corrected chi connectivity index (χ1v) is 8.60. The van der Waals surface area contributed by atoms with Crippen LogP contribution in [0.3, 0.4) is 0 Å². The Bertz CT molecular complexity index is 863. The first-order chi connectivity index (χ1) is 11.0. The van der Waals surface area contributed by atoms with E-state index in [1.165, 1.54) is 12.1 Å².